The Balaban J connectivity index is 3.84. The Hall–Kier alpha value is 0.670. The highest BCUT2D eigenvalue weighted by Gasteiger charge is 2.11. The molecular weight excluding hydrogens is 627 g/mol. The van der Waals surface area contributed by atoms with E-state index in [-0.39, 0.29) is 12.0 Å². The zero-order chi connectivity index (χ0) is 32.5. The molecule has 0 radical (unpaired) electrons. The number of amides is 1. The number of hydrogen-bond acceptors (Lipinski definition) is 10. The molecule has 1 unspecified atom stereocenters. The summed E-state index contributed by atoms with van der Waals surface area (Å²) in [6, 6.07) is 0. The Labute approximate surface area is 289 Å². The second-order valence-electron chi connectivity index (χ2n) is 11.6. The van der Waals surface area contributed by atoms with Gasteiger partial charge >= 0.3 is 0 Å². The number of unbranched alkanes of at least 4 members (excludes halogenated alkanes) is 3. The van der Waals surface area contributed by atoms with Crippen molar-refractivity contribution in [2.24, 2.45) is 0 Å². The van der Waals surface area contributed by atoms with Crippen LogP contribution in [0, 0.1) is 0 Å². The van der Waals surface area contributed by atoms with Gasteiger partial charge < -0.3 is 25.5 Å². The summed E-state index contributed by atoms with van der Waals surface area (Å²) in [6.45, 7) is 23.4. The van der Waals surface area contributed by atoms with Crippen LogP contribution in [0.25, 0.3) is 0 Å². The third-order valence-corrected chi connectivity index (χ3v) is 12.2. The summed E-state index contributed by atoms with van der Waals surface area (Å²) in [5, 5.41) is 16.7. The van der Waals surface area contributed by atoms with Crippen molar-refractivity contribution in [1.82, 2.24) is 25.3 Å². The molecule has 44 heavy (non-hydrogen) atoms. The van der Waals surface area contributed by atoms with Crippen LogP contribution in [-0.2, 0) is 4.79 Å². The largest absolute Gasteiger partial charge is 0.392 e. The molecule has 0 aliphatic carbocycles. The maximum atomic E-state index is 12.4. The van der Waals surface area contributed by atoms with Crippen molar-refractivity contribution in [3.8, 4) is 0 Å². The number of aliphatic hydroxyl groups is 1. The number of nitrogens with zero attached hydrogens (tertiary/aromatic N) is 3. The summed E-state index contributed by atoms with van der Waals surface area (Å²) in [6.07, 6.45) is 11.0. The molecule has 0 spiro atoms. The molecular formula is C33H71N5O2S4. The fraction of sp³-hybridized carbons (Fsp3) is 0.970. The lowest BCUT2D eigenvalue weighted by Gasteiger charge is -2.24. The molecule has 0 saturated carbocycles. The second kappa shape index (κ2) is 35.0. The summed E-state index contributed by atoms with van der Waals surface area (Å²) >= 11 is 0. The molecule has 0 aromatic carbocycles. The van der Waals surface area contributed by atoms with Crippen molar-refractivity contribution in [1.29, 1.82) is 0 Å². The molecule has 0 aliphatic rings. The molecule has 1 amide bonds. The molecule has 0 aromatic heterocycles. The molecule has 0 aromatic rings. The van der Waals surface area contributed by atoms with Crippen LogP contribution in [0.5, 0.6) is 0 Å². The van der Waals surface area contributed by atoms with Gasteiger partial charge in [-0.05, 0) is 77.8 Å². The van der Waals surface area contributed by atoms with E-state index in [2.05, 4.69) is 53.0 Å². The first-order valence-corrected chi connectivity index (χ1v) is 22.8. The molecule has 0 heterocycles. The van der Waals surface area contributed by atoms with Crippen molar-refractivity contribution in [2.45, 2.75) is 105 Å². The van der Waals surface area contributed by atoms with Crippen molar-refractivity contribution in [3.63, 3.8) is 0 Å². The number of carbonyl (C=O) groups excluding carboxylic acids is 1. The molecule has 1 atom stereocenters. The van der Waals surface area contributed by atoms with Gasteiger partial charge in [0.15, 0.2) is 0 Å². The normalized spacial score (nSPS) is 12.6. The quantitative estimate of drug-likeness (QED) is 0.0491. The van der Waals surface area contributed by atoms with Gasteiger partial charge in [0.1, 0.15) is 0 Å². The number of aliphatic hydroxyl groups excluding tert-OH is 1. The van der Waals surface area contributed by atoms with Gasteiger partial charge in [-0.15, -0.1) is 0 Å². The molecule has 0 saturated heterocycles. The predicted molar refractivity (Wildman–Crippen MR) is 206 cm³/mol. The SMILES string of the molecule is CCCCN(CCCC)CCSSCCNCCCN(CCC)CCC(=O)NCCSSCCN(CCCC)CC(O)CC. The van der Waals surface area contributed by atoms with E-state index in [4.69, 9.17) is 0 Å². The Kier molecular flexibility index (Phi) is 35.5. The lowest BCUT2D eigenvalue weighted by molar-refractivity contribution is -0.121. The third-order valence-electron chi connectivity index (χ3n) is 7.46. The Morgan fingerprint density at radius 1 is 0.591 bits per heavy atom. The Bertz CT molecular complexity index is 605. The first-order valence-electron chi connectivity index (χ1n) is 17.8. The maximum absolute atomic E-state index is 12.4. The molecule has 3 N–H and O–H groups in total. The van der Waals surface area contributed by atoms with E-state index in [1.54, 1.807) is 0 Å². The van der Waals surface area contributed by atoms with Gasteiger partial charge in [-0.25, -0.2) is 0 Å². The van der Waals surface area contributed by atoms with E-state index in [9.17, 15) is 9.90 Å². The molecule has 0 aliphatic heterocycles. The summed E-state index contributed by atoms with van der Waals surface area (Å²) in [7, 11) is 7.74. The van der Waals surface area contributed by atoms with Gasteiger partial charge in [-0.2, -0.15) is 0 Å². The van der Waals surface area contributed by atoms with Crippen LogP contribution < -0.4 is 10.6 Å². The minimum Gasteiger partial charge on any atom is -0.392 e. The average molecular weight is 698 g/mol. The highest BCUT2D eigenvalue weighted by molar-refractivity contribution is 8.77. The fourth-order valence-corrected chi connectivity index (χ4v) is 8.58. The lowest BCUT2D eigenvalue weighted by Crippen LogP contribution is -2.34. The van der Waals surface area contributed by atoms with E-state index in [0.717, 1.165) is 95.4 Å². The van der Waals surface area contributed by atoms with Crippen LogP contribution in [0.4, 0.5) is 0 Å². The highest BCUT2D eigenvalue weighted by Crippen LogP contribution is 2.21. The van der Waals surface area contributed by atoms with Crippen molar-refractivity contribution < 1.29 is 9.90 Å². The second-order valence-corrected chi connectivity index (χ2v) is 17.0. The summed E-state index contributed by atoms with van der Waals surface area (Å²) < 4.78 is 0. The molecule has 0 fully saturated rings. The number of hydrogen-bond donors (Lipinski definition) is 3. The van der Waals surface area contributed by atoms with Crippen molar-refractivity contribution >= 4 is 49.1 Å². The van der Waals surface area contributed by atoms with Crippen LogP contribution in [0.2, 0.25) is 0 Å². The van der Waals surface area contributed by atoms with Gasteiger partial charge in [0.05, 0.1) is 6.10 Å². The fourth-order valence-electron chi connectivity index (χ4n) is 4.67. The maximum Gasteiger partial charge on any atom is 0.221 e. The van der Waals surface area contributed by atoms with E-state index >= 15 is 0 Å². The topological polar surface area (TPSA) is 71.1 Å². The minimum atomic E-state index is -0.222. The van der Waals surface area contributed by atoms with E-state index in [0.29, 0.717) is 6.42 Å². The molecule has 264 valence electrons. The van der Waals surface area contributed by atoms with Gasteiger partial charge in [0.25, 0.3) is 0 Å². The van der Waals surface area contributed by atoms with Crippen molar-refractivity contribution in [3.05, 3.63) is 0 Å². The number of nitrogens with one attached hydrogen (secondary N) is 2. The standard InChI is InChI=1S/C33H71N5O2S4/c1-6-11-20-37(21-12-7-2)25-29-43-41-27-17-34-16-14-23-36(19-9-4)24-15-33(40)35-18-28-42-44-30-26-38(22-13-8-3)31-32(39)10-5/h32,34,39H,6-31H2,1-5H3,(H,35,40). The smallest absolute Gasteiger partial charge is 0.221 e. The zero-order valence-electron chi connectivity index (χ0n) is 29.3. The molecule has 0 bridgehead atoms. The van der Waals surface area contributed by atoms with Crippen molar-refractivity contribution in [2.75, 3.05) is 102 Å². The van der Waals surface area contributed by atoms with Gasteiger partial charge in [-0.1, -0.05) is 97.1 Å². The lowest BCUT2D eigenvalue weighted by atomic mass is 10.2. The minimum absolute atomic E-state index is 0.169. The van der Waals surface area contributed by atoms with Crippen LogP contribution in [0.3, 0.4) is 0 Å². The van der Waals surface area contributed by atoms with E-state index < -0.39 is 0 Å². The van der Waals surface area contributed by atoms with Crippen LogP contribution in [0.1, 0.15) is 98.8 Å². The zero-order valence-corrected chi connectivity index (χ0v) is 32.6. The number of carbonyl (C=O) groups is 1. The van der Waals surface area contributed by atoms with Gasteiger partial charge in [-0.3, -0.25) is 9.69 Å². The Morgan fingerprint density at radius 3 is 1.70 bits per heavy atom. The molecule has 11 heteroatoms. The monoisotopic (exact) mass is 697 g/mol. The van der Waals surface area contributed by atoms with Crippen LogP contribution in [-0.4, -0.2) is 133 Å². The van der Waals surface area contributed by atoms with Gasteiger partial charge in [0.2, 0.25) is 5.91 Å². The van der Waals surface area contributed by atoms with E-state index in [1.165, 1.54) is 63.9 Å². The third kappa shape index (κ3) is 30.0. The highest BCUT2D eigenvalue weighted by atomic mass is 33.1. The predicted octanol–water partition coefficient (Wildman–Crippen LogP) is 6.72. The molecule has 7 nitrogen and oxygen atoms in total. The summed E-state index contributed by atoms with van der Waals surface area (Å²) in [5.41, 5.74) is 0. The average Bonchev–Trinajstić information content (AvgIpc) is 3.03. The molecule has 0 rings (SSSR count). The van der Waals surface area contributed by atoms with E-state index in [1.807, 2.05) is 50.1 Å². The summed E-state index contributed by atoms with van der Waals surface area (Å²) in [4.78, 5) is 19.9. The van der Waals surface area contributed by atoms with Crippen LogP contribution in [0.15, 0.2) is 0 Å². The Morgan fingerprint density at radius 2 is 1.11 bits per heavy atom. The summed E-state index contributed by atoms with van der Waals surface area (Å²) in [5.74, 6) is 4.53. The first kappa shape index (κ1) is 44.7. The van der Waals surface area contributed by atoms with Gasteiger partial charge in [0, 0.05) is 68.7 Å². The first-order chi connectivity index (χ1) is 21.5. The number of rotatable bonds is 35. The van der Waals surface area contributed by atoms with Crippen LogP contribution >= 0.6 is 43.2 Å².